The molecule has 1 N–H and O–H groups in total. The fraction of sp³-hybridized carbons (Fsp3) is 1.00. The van der Waals surface area contributed by atoms with Crippen LogP contribution in [-0.4, -0.2) is 11.2 Å². The average molecular weight is 198 g/mol. The smallest absolute Gasteiger partial charge is 0.0565 e. The lowest BCUT2D eigenvalue weighted by molar-refractivity contribution is 0.0512. The SMILES string of the molecule is CCC(O)[C@H]1CC[C@H](C(C)(C)C)CC1. The van der Waals surface area contributed by atoms with Gasteiger partial charge in [0.05, 0.1) is 6.10 Å². The van der Waals surface area contributed by atoms with Gasteiger partial charge in [0.25, 0.3) is 0 Å². The summed E-state index contributed by atoms with van der Waals surface area (Å²) < 4.78 is 0. The normalized spacial score (nSPS) is 31.5. The van der Waals surface area contributed by atoms with Gasteiger partial charge in [0.15, 0.2) is 0 Å². The van der Waals surface area contributed by atoms with Crippen LogP contribution in [0.3, 0.4) is 0 Å². The number of rotatable bonds is 2. The molecule has 14 heavy (non-hydrogen) atoms. The molecule has 0 aromatic rings. The van der Waals surface area contributed by atoms with Gasteiger partial charge in [-0.25, -0.2) is 0 Å². The molecule has 0 amide bonds. The van der Waals surface area contributed by atoms with E-state index in [1.54, 1.807) is 0 Å². The van der Waals surface area contributed by atoms with E-state index in [2.05, 4.69) is 27.7 Å². The molecular formula is C13H26O. The molecule has 1 aliphatic carbocycles. The van der Waals surface area contributed by atoms with Crippen molar-refractivity contribution in [3.8, 4) is 0 Å². The molecule has 0 bridgehead atoms. The molecule has 1 rings (SSSR count). The molecule has 1 unspecified atom stereocenters. The van der Waals surface area contributed by atoms with Crippen LogP contribution >= 0.6 is 0 Å². The number of aliphatic hydroxyl groups excluding tert-OH is 1. The molecule has 1 atom stereocenters. The first-order valence-corrected chi connectivity index (χ1v) is 6.13. The van der Waals surface area contributed by atoms with Crippen LogP contribution in [-0.2, 0) is 0 Å². The summed E-state index contributed by atoms with van der Waals surface area (Å²) in [4.78, 5) is 0. The van der Waals surface area contributed by atoms with E-state index in [4.69, 9.17) is 0 Å². The maximum Gasteiger partial charge on any atom is 0.0565 e. The Kier molecular flexibility index (Phi) is 4.00. The Bertz CT molecular complexity index is 161. The lowest BCUT2D eigenvalue weighted by atomic mass is 9.69. The van der Waals surface area contributed by atoms with Crippen molar-refractivity contribution >= 4 is 0 Å². The summed E-state index contributed by atoms with van der Waals surface area (Å²) in [5, 5.41) is 9.77. The summed E-state index contributed by atoms with van der Waals surface area (Å²) in [7, 11) is 0. The number of aliphatic hydroxyl groups is 1. The van der Waals surface area contributed by atoms with Gasteiger partial charge in [-0.2, -0.15) is 0 Å². The van der Waals surface area contributed by atoms with Crippen molar-refractivity contribution in [2.45, 2.75) is 65.9 Å². The molecule has 0 aromatic heterocycles. The van der Waals surface area contributed by atoms with Crippen LogP contribution in [0.15, 0.2) is 0 Å². The second kappa shape index (κ2) is 4.65. The van der Waals surface area contributed by atoms with E-state index in [0.717, 1.165) is 12.3 Å². The largest absolute Gasteiger partial charge is 0.393 e. The zero-order chi connectivity index (χ0) is 10.8. The summed E-state index contributed by atoms with van der Waals surface area (Å²) >= 11 is 0. The Hall–Kier alpha value is -0.0400. The van der Waals surface area contributed by atoms with Crippen molar-refractivity contribution in [1.29, 1.82) is 0 Å². The minimum Gasteiger partial charge on any atom is -0.393 e. The fourth-order valence-electron chi connectivity index (χ4n) is 2.70. The number of hydrogen-bond acceptors (Lipinski definition) is 1. The topological polar surface area (TPSA) is 20.2 Å². The van der Waals surface area contributed by atoms with Crippen LogP contribution in [0, 0.1) is 17.3 Å². The first-order valence-electron chi connectivity index (χ1n) is 6.13. The molecule has 1 aliphatic rings. The van der Waals surface area contributed by atoms with Gasteiger partial charge in [0.2, 0.25) is 0 Å². The first-order chi connectivity index (χ1) is 6.45. The average Bonchev–Trinajstić information content (AvgIpc) is 2.15. The third-order valence-electron chi connectivity index (χ3n) is 3.96. The Labute approximate surface area is 88.9 Å². The van der Waals surface area contributed by atoms with Gasteiger partial charge < -0.3 is 5.11 Å². The Morgan fingerprint density at radius 1 is 1.14 bits per heavy atom. The monoisotopic (exact) mass is 198 g/mol. The molecule has 0 radical (unpaired) electrons. The highest BCUT2D eigenvalue weighted by atomic mass is 16.3. The van der Waals surface area contributed by atoms with Crippen molar-refractivity contribution in [3.05, 3.63) is 0 Å². The fourth-order valence-corrected chi connectivity index (χ4v) is 2.70. The molecule has 1 nitrogen and oxygen atoms in total. The standard InChI is InChI=1S/C13H26O/c1-5-12(14)10-6-8-11(9-7-10)13(2,3)4/h10-12,14H,5-9H2,1-4H3/t10-,11-,12?. The molecule has 1 heteroatoms. The lowest BCUT2D eigenvalue weighted by Crippen LogP contribution is -2.30. The second-order valence-electron chi connectivity index (χ2n) is 5.95. The third-order valence-corrected chi connectivity index (χ3v) is 3.96. The van der Waals surface area contributed by atoms with E-state index >= 15 is 0 Å². The minimum absolute atomic E-state index is 0.0454. The highest BCUT2D eigenvalue weighted by Crippen LogP contribution is 2.40. The van der Waals surface area contributed by atoms with E-state index < -0.39 is 0 Å². The Morgan fingerprint density at radius 2 is 1.64 bits per heavy atom. The quantitative estimate of drug-likeness (QED) is 0.718. The minimum atomic E-state index is -0.0454. The van der Waals surface area contributed by atoms with Crippen LogP contribution in [0.1, 0.15) is 59.8 Å². The zero-order valence-electron chi connectivity index (χ0n) is 10.2. The lowest BCUT2D eigenvalue weighted by Gasteiger charge is -2.38. The van der Waals surface area contributed by atoms with Gasteiger partial charge >= 0.3 is 0 Å². The molecule has 0 aliphatic heterocycles. The second-order valence-corrected chi connectivity index (χ2v) is 5.95. The highest BCUT2D eigenvalue weighted by molar-refractivity contribution is 4.82. The van der Waals surface area contributed by atoms with Crippen molar-refractivity contribution < 1.29 is 5.11 Å². The molecule has 0 heterocycles. The molecule has 1 fully saturated rings. The van der Waals surface area contributed by atoms with E-state index in [1.165, 1.54) is 25.7 Å². The number of hydrogen-bond donors (Lipinski definition) is 1. The predicted molar refractivity (Wildman–Crippen MR) is 61.2 cm³/mol. The van der Waals surface area contributed by atoms with Gasteiger partial charge in [-0.15, -0.1) is 0 Å². The van der Waals surface area contributed by atoms with Crippen molar-refractivity contribution in [2.75, 3.05) is 0 Å². The van der Waals surface area contributed by atoms with Gasteiger partial charge in [0.1, 0.15) is 0 Å². The predicted octanol–water partition coefficient (Wildman–Crippen LogP) is 3.61. The molecule has 84 valence electrons. The Morgan fingerprint density at radius 3 is 2.00 bits per heavy atom. The van der Waals surface area contributed by atoms with Crippen LogP contribution in [0.25, 0.3) is 0 Å². The van der Waals surface area contributed by atoms with E-state index in [1.807, 2.05) is 0 Å². The summed E-state index contributed by atoms with van der Waals surface area (Å²) in [5.74, 6) is 1.45. The highest BCUT2D eigenvalue weighted by Gasteiger charge is 2.31. The van der Waals surface area contributed by atoms with Gasteiger partial charge in [-0.05, 0) is 49.4 Å². The molecule has 0 spiro atoms. The van der Waals surface area contributed by atoms with Crippen molar-refractivity contribution in [2.24, 2.45) is 17.3 Å². The first kappa shape index (κ1) is 12.0. The third kappa shape index (κ3) is 2.98. The van der Waals surface area contributed by atoms with Gasteiger partial charge in [0, 0.05) is 0 Å². The maximum atomic E-state index is 9.77. The molecule has 0 saturated heterocycles. The van der Waals surface area contributed by atoms with Crippen LogP contribution < -0.4 is 0 Å². The summed E-state index contributed by atoms with van der Waals surface area (Å²) in [6.45, 7) is 9.11. The summed E-state index contributed by atoms with van der Waals surface area (Å²) in [6.07, 6.45) is 5.96. The maximum absolute atomic E-state index is 9.77. The van der Waals surface area contributed by atoms with E-state index in [-0.39, 0.29) is 6.10 Å². The van der Waals surface area contributed by atoms with Crippen LogP contribution in [0.4, 0.5) is 0 Å². The van der Waals surface area contributed by atoms with Gasteiger partial charge in [-0.3, -0.25) is 0 Å². The Balaban J connectivity index is 2.39. The van der Waals surface area contributed by atoms with Crippen molar-refractivity contribution in [3.63, 3.8) is 0 Å². The zero-order valence-corrected chi connectivity index (χ0v) is 10.2. The molecule has 0 aromatic carbocycles. The molecular weight excluding hydrogens is 172 g/mol. The molecule has 1 saturated carbocycles. The van der Waals surface area contributed by atoms with Crippen LogP contribution in [0.5, 0.6) is 0 Å². The van der Waals surface area contributed by atoms with Gasteiger partial charge in [-0.1, -0.05) is 27.7 Å². The van der Waals surface area contributed by atoms with E-state index in [0.29, 0.717) is 11.3 Å². The van der Waals surface area contributed by atoms with Crippen molar-refractivity contribution in [1.82, 2.24) is 0 Å². The summed E-state index contributed by atoms with van der Waals surface area (Å²) in [6, 6.07) is 0. The summed E-state index contributed by atoms with van der Waals surface area (Å²) in [5.41, 5.74) is 0.460. The van der Waals surface area contributed by atoms with Crippen LogP contribution in [0.2, 0.25) is 0 Å². The van der Waals surface area contributed by atoms with E-state index in [9.17, 15) is 5.11 Å².